The second kappa shape index (κ2) is 7.49. The molecule has 2 aromatic rings. The Morgan fingerprint density at radius 3 is 2.78 bits per heavy atom. The van der Waals surface area contributed by atoms with Crippen LogP contribution in [-0.2, 0) is 9.53 Å². The molecule has 1 atom stereocenters. The number of halogens is 2. The van der Waals surface area contributed by atoms with Crippen molar-refractivity contribution in [3.8, 4) is 0 Å². The second-order valence-electron chi connectivity index (χ2n) is 5.24. The van der Waals surface area contributed by atoms with Crippen LogP contribution in [0.1, 0.15) is 17.2 Å². The highest BCUT2D eigenvalue weighted by molar-refractivity contribution is 7.08. The van der Waals surface area contributed by atoms with Crippen LogP contribution in [-0.4, -0.2) is 30.5 Å². The van der Waals surface area contributed by atoms with Crippen LogP contribution in [0.15, 0.2) is 41.1 Å². The summed E-state index contributed by atoms with van der Waals surface area (Å²) in [5.41, 5.74) is 1.93. The van der Waals surface area contributed by atoms with Crippen LogP contribution in [0.25, 0.3) is 6.08 Å². The monoisotopic (exact) mass is 367 g/mol. The number of benzene rings is 1. The van der Waals surface area contributed by atoms with Gasteiger partial charge in [0.15, 0.2) is 0 Å². The van der Waals surface area contributed by atoms with Crippen LogP contribution in [0.3, 0.4) is 0 Å². The largest absolute Gasteiger partial charge is 0.370 e. The molecule has 2 heterocycles. The van der Waals surface area contributed by atoms with E-state index in [9.17, 15) is 4.79 Å². The maximum absolute atomic E-state index is 12.3. The molecule has 0 spiro atoms. The third-order valence-corrected chi connectivity index (χ3v) is 4.73. The molecule has 1 aliphatic heterocycles. The Morgan fingerprint density at radius 1 is 1.30 bits per heavy atom. The van der Waals surface area contributed by atoms with Crippen molar-refractivity contribution in [2.75, 3.05) is 19.7 Å². The first-order valence-corrected chi connectivity index (χ1v) is 8.88. The summed E-state index contributed by atoms with van der Waals surface area (Å²) >= 11 is 13.7. The van der Waals surface area contributed by atoms with E-state index in [0.29, 0.717) is 29.7 Å². The molecule has 23 heavy (non-hydrogen) atoms. The average Bonchev–Trinajstić information content (AvgIpc) is 3.05. The van der Waals surface area contributed by atoms with Gasteiger partial charge in [0.05, 0.1) is 13.2 Å². The number of amides is 1. The molecule has 1 amide bonds. The number of carbonyl (C=O) groups is 1. The maximum atomic E-state index is 12.3. The lowest BCUT2D eigenvalue weighted by Gasteiger charge is -2.32. The van der Waals surface area contributed by atoms with Crippen LogP contribution in [0.2, 0.25) is 10.0 Å². The number of hydrogen-bond acceptors (Lipinski definition) is 3. The number of carbonyl (C=O) groups excluding carboxylic acids is 1. The van der Waals surface area contributed by atoms with Gasteiger partial charge in [-0.25, -0.2) is 0 Å². The van der Waals surface area contributed by atoms with Gasteiger partial charge in [0, 0.05) is 22.7 Å². The molecule has 6 heteroatoms. The minimum absolute atomic E-state index is 0.0161. The number of nitrogens with zero attached hydrogens (tertiary/aromatic N) is 1. The van der Waals surface area contributed by atoms with Gasteiger partial charge in [-0.2, -0.15) is 11.3 Å². The number of rotatable bonds is 3. The number of morpholine rings is 1. The molecule has 1 aliphatic rings. The molecule has 120 valence electrons. The Labute approximate surface area is 149 Å². The molecule has 1 aromatic carbocycles. The zero-order chi connectivity index (χ0) is 16.2. The van der Waals surface area contributed by atoms with E-state index in [0.717, 1.165) is 11.1 Å². The number of thiophene rings is 1. The average molecular weight is 368 g/mol. The number of ether oxygens (including phenoxy) is 1. The minimum atomic E-state index is -0.210. The summed E-state index contributed by atoms with van der Waals surface area (Å²) in [6.07, 6.45) is 3.23. The summed E-state index contributed by atoms with van der Waals surface area (Å²) in [6.45, 7) is 1.56. The molecule has 0 radical (unpaired) electrons. The highest BCUT2D eigenvalue weighted by atomic mass is 35.5. The predicted octanol–water partition coefficient (Wildman–Crippen LogP) is 4.67. The minimum Gasteiger partial charge on any atom is -0.370 e. The Morgan fingerprint density at radius 2 is 2.09 bits per heavy atom. The van der Waals surface area contributed by atoms with E-state index in [2.05, 4.69) is 0 Å². The molecule has 0 saturated carbocycles. The van der Waals surface area contributed by atoms with Gasteiger partial charge in [-0.1, -0.05) is 23.2 Å². The smallest absolute Gasteiger partial charge is 0.246 e. The van der Waals surface area contributed by atoms with Gasteiger partial charge in [0.2, 0.25) is 5.91 Å². The van der Waals surface area contributed by atoms with Gasteiger partial charge in [0.25, 0.3) is 0 Å². The van der Waals surface area contributed by atoms with E-state index in [1.807, 2.05) is 35.0 Å². The molecular formula is C17H15Cl2NO2S. The van der Waals surface area contributed by atoms with Crippen molar-refractivity contribution in [3.63, 3.8) is 0 Å². The van der Waals surface area contributed by atoms with Crippen molar-refractivity contribution in [1.82, 2.24) is 4.90 Å². The summed E-state index contributed by atoms with van der Waals surface area (Å²) in [4.78, 5) is 14.1. The van der Waals surface area contributed by atoms with Crippen molar-refractivity contribution in [2.24, 2.45) is 0 Å². The van der Waals surface area contributed by atoms with Crippen molar-refractivity contribution in [1.29, 1.82) is 0 Å². The molecule has 1 saturated heterocycles. The highest BCUT2D eigenvalue weighted by Crippen LogP contribution is 2.28. The van der Waals surface area contributed by atoms with Gasteiger partial charge in [-0.3, -0.25) is 4.79 Å². The zero-order valence-electron chi connectivity index (χ0n) is 12.2. The van der Waals surface area contributed by atoms with Gasteiger partial charge in [0.1, 0.15) is 6.10 Å². The van der Waals surface area contributed by atoms with Gasteiger partial charge < -0.3 is 9.64 Å². The maximum Gasteiger partial charge on any atom is 0.246 e. The Bertz CT molecular complexity index is 695. The van der Waals surface area contributed by atoms with Crippen LogP contribution < -0.4 is 0 Å². The third kappa shape index (κ3) is 4.36. The van der Waals surface area contributed by atoms with Crippen LogP contribution in [0, 0.1) is 0 Å². The van der Waals surface area contributed by atoms with Crippen molar-refractivity contribution >= 4 is 46.5 Å². The molecule has 1 fully saturated rings. The summed E-state index contributed by atoms with van der Waals surface area (Å²) < 4.78 is 5.77. The van der Waals surface area contributed by atoms with E-state index < -0.39 is 0 Å². The SMILES string of the molecule is O=C(/C=C/c1ccsc1)N1CCOC(c2cc(Cl)cc(Cl)c2)C1. The highest BCUT2D eigenvalue weighted by Gasteiger charge is 2.24. The normalized spacial score (nSPS) is 18.5. The third-order valence-electron chi connectivity index (χ3n) is 3.60. The quantitative estimate of drug-likeness (QED) is 0.737. The molecule has 0 aliphatic carbocycles. The fraction of sp³-hybridized carbons (Fsp3) is 0.235. The molecular weight excluding hydrogens is 353 g/mol. The first kappa shape index (κ1) is 16.5. The molecule has 0 N–H and O–H groups in total. The molecule has 3 nitrogen and oxygen atoms in total. The lowest BCUT2D eigenvalue weighted by molar-refractivity contribution is -0.133. The van der Waals surface area contributed by atoms with Crippen LogP contribution >= 0.6 is 34.5 Å². The first-order chi connectivity index (χ1) is 11.1. The van der Waals surface area contributed by atoms with E-state index in [1.54, 1.807) is 28.4 Å². The standard InChI is InChI=1S/C17H15Cl2NO2S/c18-14-7-13(8-15(19)9-14)16-10-20(4-5-22-16)17(21)2-1-12-3-6-23-11-12/h1-3,6-9,11,16H,4-5,10H2/b2-1+. The Balaban J connectivity index is 1.69. The fourth-order valence-electron chi connectivity index (χ4n) is 2.45. The van der Waals surface area contributed by atoms with Crippen molar-refractivity contribution < 1.29 is 9.53 Å². The molecule has 1 unspecified atom stereocenters. The van der Waals surface area contributed by atoms with Crippen LogP contribution in [0.5, 0.6) is 0 Å². The van der Waals surface area contributed by atoms with E-state index in [1.165, 1.54) is 0 Å². The van der Waals surface area contributed by atoms with Gasteiger partial charge in [-0.15, -0.1) is 0 Å². The van der Waals surface area contributed by atoms with Crippen molar-refractivity contribution in [2.45, 2.75) is 6.10 Å². The lowest BCUT2D eigenvalue weighted by Crippen LogP contribution is -2.41. The molecule has 0 bridgehead atoms. The second-order valence-corrected chi connectivity index (χ2v) is 6.89. The Kier molecular flexibility index (Phi) is 5.38. The summed E-state index contributed by atoms with van der Waals surface area (Å²) in [6, 6.07) is 7.31. The molecule has 1 aromatic heterocycles. The van der Waals surface area contributed by atoms with Gasteiger partial charge >= 0.3 is 0 Å². The first-order valence-electron chi connectivity index (χ1n) is 7.18. The zero-order valence-corrected chi connectivity index (χ0v) is 14.6. The summed E-state index contributed by atoms with van der Waals surface area (Å²) in [5.74, 6) is -0.0161. The van der Waals surface area contributed by atoms with E-state index in [-0.39, 0.29) is 12.0 Å². The Hall–Kier alpha value is -1.33. The van der Waals surface area contributed by atoms with E-state index >= 15 is 0 Å². The number of hydrogen-bond donors (Lipinski definition) is 0. The predicted molar refractivity (Wildman–Crippen MR) is 95.1 cm³/mol. The van der Waals surface area contributed by atoms with Gasteiger partial charge in [-0.05, 0) is 52.2 Å². The lowest BCUT2D eigenvalue weighted by atomic mass is 10.1. The summed E-state index contributed by atoms with van der Waals surface area (Å²) in [5, 5.41) is 5.12. The fourth-order valence-corrected chi connectivity index (χ4v) is 3.63. The molecule has 3 rings (SSSR count). The summed E-state index contributed by atoms with van der Waals surface area (Å²) in [7, 11) is 0. The topological polar surface area (TPSA) is 29.5 Å². The van der Waals surface area contributed by atoms with Crippen molar-refractivity contribution in [3.05, 3.63) is 62.3 Å². The van der Waals surface area contributed by atoms with E-state index in [4.69, 9.17) is 27.9 Å². The van der Waals surface area contributed by atoms with Crippen LogP contribution in [0.4, 0.5) is 0 Å².